The van der Waals surface area contributed by atoms with Crippen molar-refractivity contribution in [3.05, 3.63) is 203 Å². The second-order valence-corrected chi connectivity index (χ2v) is 18.8. The van der Waals surface area contributed by atoms with Crippen LogP contribution in [0, 0.1) is 41.5 Å². The number of fused-ring (bicyclic) bond motifs is 11. The minimum atomic E-state index is 1.24. The van der Waals surface area contributed by atoms with Crippen molar-refractivity contribution in [3.8, 4) is 44.5 Å². The van der Waals surface area contributed by atoms with Crippen LogP contribution in [0.5, 0.6) is 0 Å². The molecular formula is C64H46. The number of rotatable bonds is 4. The SMILES string of the molecule is Cc1cc(C)c(-c2cc3c4ccc5c(cc6c7ccc(-c8ccccc8)cc7c7cc(-c8c(C)cc(C)cc8C)cc5c76)c4cc4c5ccc(-c6ccccc6)cc5c(c2)c34)c(C)c1. The van der Waals surface area contributed by atoms with E-state index in [9.17, 15) is 0 Å². The van der Waals surface area contributed by atoms with Crippen LogP contribution < -0.4 is 0 Å². The fourth-order valence-corrected chi connectivity index (χ4v) is 12.2. The average molecular weight is 815 g/mol. The van der Waals surface area contributed by atoms with E-state index < -0.39 is 0 Å². The van der Waals surface area contributed by atoms with Crippen LogP contribution in [-0.2, 0) is 0 Å². The molecule has 13 aromatic carbocycles. The van der Waals surface area contributed by atoms with Gasteiger partial charge in [-0.1, -0.05) is 132 Å². The van der Waals surface area contributed by atoms with Gasteiger partial charge in [-0.2, -0.15) is 0 Å². The van der Waals surface area contributed by atoms with Crippen molar-refractivity contribution < 1.29 is 0 Å². The van der Waals surface area contributed by atoms with Crippen molar-refractivity contribution in [2.45, 2.75) is 41.5 Å². The van der Waals surface area contributed by atoms with Crippen LogP contribution in [0.1, 0.15) is 33.4 Å². The molecule has 0 saturated heterocycles. The zero-order valence-electron chi connectivity index (χ0n) is 37.2. The molecule has 0 bridgehead atoms. The molecule has 0 atom stereocenters. The summed E-state index contributed by atoms with van der Waals surface area (Å²) in [6.07, 6.45) is 0. The fourth-order valence-electron chi connectivity index (χ4n) is 12.2. The zero-order valence-corrected chi connectivity index (χ0v) is 37.2. The lowest BCUT2D eigenvalue weighted by molar-refractivity contribution is 1.32. The smallest absolute Gasteiger partial charge is 0.00195 e. The second kappa shape index (κ2) is 13.5. The lowest BCUT2D eigenvalue weighted by Crippen LogP contribution is -1.92. The molecule has 0 N–H and O–H groups in total. The van der Waals surface area contributed by atoms with Gasteiger partial charge in [0.05, 0.1) is 0 Å². The Bertz CT molecular complexity index is 3780. The van der Waals surface area contributed by atoms with E-state index in [1.807, 2.05) is 0 Å². The van der Waals surface area contributed by atoms with Crippen LogP contribution in [0.25, 0.3) is 131 Å². The van der Waals surface area contributed by atoms with Crippen molar-refractivity contribution in [1.82, 2.24) is 0 Å². The van der Waals surface area contributed by atoms with E-state index in [1.165, 1.54) is 164 Å². The minimum Gasteiger partial charge on any atom is -0.0622 e. The molecule has 13 rings (SSSR count). The Labute approximate surface area is 373 Å². The Hall–Kier alpha value is -7.54. The Morgan fingerprint density at radius 1 is 0.203 bits per heavy atom. The van der Waals surface area contributed by atoms with E-state index in [0.717, 1.165) is 0 Å². The highest BCUT2D eigenvalue weighted by atomic mass is 14.3. The lowest BCUT2D eigenvalue weighted by Gasteiger charge is -2.16. The van der Waals surface area contributed by atoms with Crippen molar-refractivity contribution in [2.24, 2.45) is 0 Å². The first kappa shape index (κ1) is 37.1. The summed E-state index contributed by atoms with van der Waals surface area (Å²) in [7, 11) is 0. The standard InChI is InChI=1S/C64H46/c1-35-23-37(3)61(38(4)24-35)45-29-55-49-21-22-50-54(53(49)33-59-47-19-17-43(41-13-9-7-10-14-41)27-51(47)57(31-45)63(55)59)34-60-48-20-18-44(42-15-11-8-12-16-42)28-52(48)58-32-46(30-56(50)64(58)60)62-39(5)25-36(2)26-40(62)6/h7-34H,1-6H3. The lowest BCUT2D eigenvalue weighted by atomic mass is 9.87. The largest absolute Gasteiger partial charge is 0.0622 e. The molecule has 0 aliphatic rings. The summed E-state index contributed by atoms with van der Waals surface area (Å²) in [5.41, 5.74) is 18.1. The molecule has 0 aliphatic heterocycles. The summed E-state index contributed by atoms with van der Waals surface area (Å²) in [5.74, 6) is 0. The zero-order chi connectivity index (χ0) is 43.1. The number of hydrogen-bond acceptors (Lipinski definition) is 0. The highest BCUT2D eigenvalue weighted by Gasteiger charge is 2.23. The van der Waals surface area contributed by atoms with Crippen molar-refractivity contribution in [2.75, 3.05) is 0 Å². The van der Waals surface area contributed by atoms with Gasteiger partial charge in [-0.3, -0.25) is 0 Å². The molecule has 0 nitrogen and oxygen atoms in total. The van der Waals surface area contributed by atoms with E-state index in [-0.39, 0.29) is 0 Å². The Balaban J connectivity index is 1.19. The molecule has 0 heterocycles. The molecule has 0 fully saturated rings. The third kappa shape index (κ3) is 5.29. The van der Waals surface area contributed by atoms with Gasteiger partial charge < -0.3 is 0 Å². The normalized spacial score (nSPS) is 12.2. The third-order valence-corrected chi connectivity index (χ3v) is 14.6. The molecule has 13 aromatic rings. The highest BCUT2D eigenvalue weighted by Crippen LogP contribution is 2.50. The molecule has 302 valence electrons. The van der Waals surface area contributed by atoms with Gasteiger partial charge in [0.25, 0.3) is 0 Å². The van der Waals surface area contributed by atoms with Crippen molar-refractivity contribution >= 4 is 86.2 Å². The molecule has 0 spiro atoms. The van der Waals surface area contributed by atoms with Gasteiger partial charge in [-0.25, -0.2) is 0 Å². The molecule has 0 aromatic heterocycles. The van der Waals surface area contributed by atoms with Gasteiger partial charge in [0.1, 0.15) is 0 Å². The summed E-state index contributed by atoms with van der Waals surface area (Å²) in [6.45, 7) is 13.5. The summed E-state index contributed by atoms with van der Waals surface area (Å²) >= 11 is 0. The van der Waals surface area contributed by atoms with Crippen LogP contribution in [0.3, 0.4) is 0 Å². The second-order valence-electron chi connectivity index (χ2n) is 18.8. The third-order valence-electron chi connectivity index (χ3n) is 14.6. The quantitative estimate of drug-likeness (QED) is 0.155. The summed E-state index contributed by atoms with van der Waals surface area (Å²) in [4.78, 5) is 0. The van der Waals surface area contributed by atoms with E-state index in [1.54, 1.807) is 0 Å². The van der Waals surface area contributed by atoms with Crippen LogP contribution in [-0.4, -0.2) is 0 Å². The van der Waals surface area contributed by atoms with Gasteiger partial charge in [-0.05, 0) is 243 Å². The van der Waals surface area contributed by atoms with Crippen LogP contribution in [0.15, 0.2) is 170 Å². The molecular weight excluding hydrogens is 769 g/mol. The van der Waals surface area contributed by atoms with Crippen molar-refractivity contribution in [3.63, 3.8) is 0 Å². The summed E-state index contributed by atoms with van der Waals surface area (Å²) in [5, 5.41) is 21.2. The number of benzene rings is 11. The number of aryl methyl sites for hydroxylation is 6. The maximum Gasteiger partial charge on any atom is -0.00195 e. The first-order chi connectivity index (χ1) is 31.2. The van der Waals surface area contributed by atoms with Gasteiger partial charge >= 0.3 is 0 Å². The average Bonchev–Trinajstić information content (AvgIpc) is 3.78. The highest BCUT2D eigenvalue weighted by molar-refractivity contribution is 6.41. The molecule has 0 aliphatic carbocycles. The van der Waals surface area contributed by atoms with E-state index >= 15 is 0 Å². The first-order valence-corrected chi connectivity index (χ1v) is 22.7. The van der Waals surface area contributed by atoms with Crippen molar-refractivity contribution in [1.29, 1.82) is 0 Å². The van der Waals surface area contributed by atoms with E-state index in [0.29, 0.717) is 0 Å². The molecule has 64 heavy (non-hydrogen) atoms. The van der Waals surface area contributed by atoms with Gasteiger partial charge in [0.15, 0.2) is 0 Å². The fraction of sp³-hybridized carbons (Fsp3) is 0.0938. The molecule has 0 radical (unpaired) electrons. The maximum atomic E-state index is 2.53. The molecule has 0 unspecified atom stereocenters. The predicted octanol–water partition coefficient (Wildman–Crippen LogP) is 18.3. The van der Waals surface area contributed by atoms with E-state index in [4.69, 9.17) is 0 Å². The van der Waals surface area contributed by atoms with Crippen LogP contribution in [0.2, 0.25) is 0 Å². The minimum absolute atomic E-state index is 1.24. The molecule has 0 heteroatoms. The predicted molar refractivity (Wildman–Crippen MR) is 279 cm³/mol. The van der Waals surface area contributed by atoms with E-state index in [2.05, 4.69) is 211 Å². The number of hydrogen-bond donors (Lipinski definition) is 0. The summed E-state index contributed by atoms with van der Waals surface area (Å²) < 4.78 is 0. The van der Waals surface area contributed by atoms with Gasteiger partial charge in [0.2, 0.25) is 0 Å². The topological polar surface area (TPSA) is 0 Å². The molecule has 0 amide bonds. The summed E-state index contributed by atoms with van der Waals surface area (Å²) in [6, 6.07) is 65.2. The Kier molecular flexibility index (Phi) is 7.80. The van der Waals surface area contributed by atoms with Crippen LogP contribution >= 0.6 is 0 Å². The maximum absolute atomic E-state index is 2.53. The van der Waals surface area contributed by atoms with Gasteiger partial charge in [-0.15, -0.1) is 0 Å². The monoisotopic (exact) mass is 814 g/mol. The van der Waals surface area contributed by atoms with Crippen LogP contribution in [0.4, 0.5) is 0 Å². The van der Waals surface area contributed by atoms with Gasteiger partial charge in [0, 0.05) is 0 Å². The first-order valence-electron chi connectivity index (χ1n) is 22.7. The molecule has 0 saturated carbocycles. The Morgan fingerprint density at radius 2 is 0.484 bits per heavy atom. The Morgan fingerprint density at radius 3 is 0.844 bits per heavy atom.